The molecule has 2 N–H and O–H groups in total. The summed E-state index contributed by atoms with van der Waals surface area (Å²) in [4.78, 5) is 11.4. The normalized spacial score (nSPS) is 11.2. The van der Waals surface area contributed by atoms with Crippen molar-refractivity contribution in [3.8, 4) is 6.07 Å². The van der Waals surface area contributed by atoms with Crippen LogP contribution in [0.15, 0.2) is 35.9 Å². The van der Waals surface area contributed by atoms with Crippen LogP contribution in [0, 0.1) is 11.3 Å². The van der Waals surface area contributed by atoms with Gasteiger partial charge in [-0.05, 0) is 12.5 Å². The van der Waals surface area contributed by atoms with Crippen LogP contribution in [-0.4, -0.2) is 12.6 Å². The fraction of sp³-hybridized carbons (Fsp3) is 0.167. The minimum Gasteiger partial charge on any atom is -0.462 e. The number of benzene rings is 1. The number of carbonyl (C=O) groups excluding carboxylic acids is 1. The van der Waals surface area contributed by atoms with Crippen molar-refractivity contribution in [2.45, 2.75) is 6.92 Å². The van der Waals surface area contributed by atoms with E-state index in [-0.39, 0.29) is 17.9 Å². The van der Waals surface area contributed by atoms with Crippen molar-refractivity contribution in [2.24, 2.45) is 5.73 Å². The smallest absolute Gasteiger partial charge is 0.351 e. The molecule has 0 saturated carbocycles. The Hall–Kier alpha value is -2.28. The minimum absolute atomic E-state index is 0.140. The van der Waals surface area contributed by atoms with Crippen molar-refractivity contribution in [3.05, 3.63) is 41.5 Å². The topological polar surface area (TPSA) is 76.1 Å². The second kappa shape index (κ2) is 5.56. The lowest BCUT2D eigenvalue weighted by Crippen LogP contribution is -2.12. The molecule has 4 heteroatoms. The van der Waals surface area contributed by atoms with E-state index in [4.69, 9.17) is 15.7 Å². The van der Waals surface area contributed by atoms with Crippen molar-refractivity contribution in [1.29, 1.82) is 5.26 Å². The van der Waals surface area contributed by atoms with Gasteiger partial charge in [-0.2, -0.15) is 5.26 Å². The second-order valence-corrected chi connectivity index (χ2v) is 2.99. The first-order valence-corrected chi connectivity index (χ1v) is 4.83. The number of ether oxygens (including phenoxy) is 1. The SMILES string of the molecule is CCOC(=O)/C(C#N)=C(\N)c1ccccc1. The summed E-state index contributed by atoms with van der Waals surface area (Å²) < 4.78 is 4.74. The molecule has 1 rings (SSSR count). The standard InChI is InChI=1S/C12H12N2O2/c1-2-16-12(15)10(8-13)11(14)9-6-4-3-5-7-9/h3-7H,2,14H2,1H3/b11-10-. The second-order valence-electron chi connectivity index (χ2n) is 2.99. The van der Waals surface area contributed by atoms with Crippen LogP contribution in [0.25, 0.3) is 5.70 Å². The van der Waals surface area contributed by atoms with Gasteiger partial charge in [0.15, 0.2) is 5.57 Å². The first-order chi connectivity index (χ1) is 7.70. The summed E-state index contributed by atoms with van der Waals surface area (Å²) in [6.45, 7) is 1.89. The van der Waals surface area contributed by atoms with E-state index in [1.54, 1.807) is 37.3 Å². The largest absolute Gasteiger partial charge is 0.462 e. The Balaban J connectivity index is 3.11. The molecule has 4 nitrogen and oxygen atoms in total. The predicted octanol–water partition coefficient (Wildman–Crippen LogP) is 1.44. The third-order valence-electron chi connectivity index (χ3n) is 1.95. The van der Waals surface area contributed by atoms with Crippen LogP contribution in [0.1, 0.15) is 12.5 Å². The van der Waals surface area contributed by atoms with Gasteiger partial charge in [-0.1, -0.05) is 30.3 Å². The summed E-state index contributed by atoms with van der Waals surface area (Å²) in [7, 11) is 0. The Morgan fingerprint density at radius 1 is 1.44 bits per heavy atom. The summed E-state index contributed by atoms with van der Waals surface area (Å²) in [5.41, 5.74) is 6.35. The molecule has 0 radical (unpaired) electrons. The Labute approximate surface area is 93.9 Å². The van der Waals surface area contributed by atoms with E-state index >= 15 is 0 Å². The molecule has 0 aliphatic rings. The zero-order chi connectivity index (χ0) is 12.0. The van der Waals surface area contributed by atoms with Gasteiger partial charge >= 0.3 is 5.97 Å². The highest BCUT2D eigenvalue weighted by molar-refractivity contribution is 6.00. The minimum atomic E-state index is -0.689. The van der Waals surface area contributed by atoms with Crippen LogP contribution in [-0.2, 0) is 9.53 Å². The maximum atomic E-state index is 11.4. The van der Waals surface area contributed by atoms with Gasteiger partial charge in [-0.25, -0.2) is 4.79 Å². The van der Waals surface area contributed by atoms with E-state index in [1.807, 2.05) is 6.07 Å². The number of esters is 1. The van der Waals surface area contributed by atoms with E-state index in [0.717, 1.165) is 0 Å². The summed E-state index contributed by atoms with van der Waals surface area (Å²) in [6.07, 6.45) is 0. The van der Waals surface area contributed by atoms with Crippen molar-refractivity contribution < 1.29 is 9.53 Å². The first kappa shape index (κ1) is 11.8. The van der Waals surface area contributed by atoms with Crippen molar-refractivity contribution in [2.75, 3.05) is 6.61 Å². The predicted molar refractivity (Wildman–Crippen MR) is 59.8 cm³/mol. The monoisotopic (exact) mass is 216 g/mol. The third kappa shape index (κ3) is 2.61. The summed E-state index contributed by atoms with van der Waals surface area (Å²) >= 11 is 0. The van der Waals surface area contributed by atoms with Crippen molar-refractivity contribution in [3.63, 3.8) is 0 Å². The van der Waals surface area contributed by atoms with Gasteiger partial charge in [0.25, 0.3) is 0 Å². The van der Waals surface area contributed by atoms with Gasteiger partial charge in [-0.3, -0.25) is 0 Å². The Bertz CT molecular complexity index is 444. The molecule has 0 heterocycles. The zero-order valence-corrected chi connectivity index (χ0v) is 8.93. The quantitative estimate of drug-likeness (QED) is 0.471. The molecule has 0 unspecified atom stereocenters. The molecule has 0 amide bonds. The molecular weight excluding hydrogens is 204 g/mol. The maximum absolute atomic E-state index is 11.4. The number of nitrogens with two attached hydrogens (primary N) is 1. The van der Waals surface area contributed by atoms with Crippen LogP contribution < -0.4 is 5.73 Å². The van der Waals surface area contributed by atoms with Crippen LogP contribution in [0.3, 0.4) is 0 Å². The average molecular weight is 216 g/mol. The summed E-state index contributed by atoms with van der Waals surface area (Å²) in [5.74, 6) is -0.689. The van der Waals surface area contributed by atoms with Crippen molar-refractivity contribution in [1.82, 2.24) is 0 Å². The van der Waals surface area contributed by atoms with Gasteiger partial charge in [0.2, 0.25) is 0 Å². The molecule has 0 fully saturated rings. The lowest BCUT2D eigenvalue weighted by atomic mass is 10.1. The van der Waals surface area contributed by atoms with E-state index < -0.39 is 5.97 Å². The zero-order valence-electron chi connectivity index (χ0n) is 8.93. The summed E-state index contributed by atoms with van der Waals surface area (Å²) in [5, 5.41) is 8.87. The lowest BCUT2D eigenvalue weighted by Gasteiger charge is -2.05. The Morgan fingerprint density at radius 3 is 2.56 bits per heavy atom. The number of nitriles is 1. The molecule has 82 valence electrons. The van der Waals surface area contributed by atoms with Crippen LogP contribution in [0.4, 0.5) is 0 Å². The molecule has 0 aromatic heterocycles. The lowest BCUT2D eigenvalue weighted by molar-refractivity contribution is -0.137. The molecule has 0 aliphatic carbocycles. The van der Waals surface area contributed by atoms with Gasteiger partial charge < -0.3 is 10.5 Å². The van der Waals surface area contributed by atoms with E-state index in [2.05, 4.69) is 0 Å². The van der Waals surface area contributed by atoms with Crippen molar-refractivity contribution >= 4 is 11.7 Å². The van der Waals surface area contributed by atoms with Crippen LogP contribution in [0.2, 0.25) is 0 Å². The number of nitrogens with zero attached hydrogens (tertiary/aromatic N) is 1. The number of rotatable bonds is 3. The highest BCUT2D eigenvalue weighted by Gasteiger charge is 2.15. The van der Waals surface area contributed by atoms with E-state index in [1.165, 1.54) is 0 Å². The fourth-order valence-corrected chi connectivity index (χ4v) is 1.18. The van der Waals surface area contributed by atoms with Crippen LogP contribution in [0.5, 0.6) is 0 Å². The molecule has 0 aliphatic heterocycles. The highest BCUT2D eigenvalue weighted by atomic mass is 16.5. The molecule has 0 bridgehead atoms. The van der Waals surface area contributed by atoms with Crippen LogP contribution >= 0.6 is 0 Å². The van der Waals surface area contributed by atoms with Gasteiger partial charge in [0.1, 0.15) is 6.07 Å². The molecule has 0 saturated heterocycles. The number of carbonyl (C=O) groups is 1. The van der Waals surface area contributed by atoms with Gasteiger partial charge in [0, 0.05) is 0 Å². The van der Waals surface area contributed by atoms with E-state index in [0.29, 0.717) is 5.56 Å². The van der Waals surface area contributed by atoms with E-state index in [9.17, 15) is 4.79 Å². The van der Waals surface area contributed by atoms with Gasteiger partial charge in [0.05, 0.1) is 12.3 Å². The molecular formula is C12H12N2O2. The molecule has 0 spiro atoms. The number of hydrogen-bond donors (Lipinski definition) is 1. The fourth-order valence-electron chi connectivity index (χ4n) is 1.18. The van der Waals surface area contributed by atoms with Gasteiger partial charge in [-0.15, -0.1) is 0 Å². The maximum Gasteiger partial charge on any atom is 0.351 e. The molecule has 0 atom stereocenters. The third-order valence-corrected chi connectivity index (χ3v) is 1.95. The summed E-state index contributed by atoms with van der Waals surface area (Å²) in [6, 6.07) is 10.6. The molecule has 16 heavy (non-hydrogen) atoms. The highest BCUT2D eigenvalue weighted by Crippen LogP contribution is 2.13. The Morgan fingerprint density at radius 2 is 2.06 bits per heavy atom. The number of hydrogen-bond acceptors (Lipinski definition) is 4. The Kier molecular flexibility index (Phi) is 4.10. The average Bonchev–Trinajstić information content (AvgIpc) is 2.31. The molecule has 1 aromatic carbocycles. The first-order valence-electron chi connectivity index (χ1n) is 4.83. The molecule has 1 aromatic rings.